The topological polar surface area (TPSA) is 72.7 Å². The average molecular weight is 224 g/mol. The lowest BCUT2D eigenvalue weighted by Crippen LogP contribution is -2.22. The Kier molecular flexibility index (Phi) is 3.82. The number of carbonyl (C=O) groups excluding carboxylic acids is 1. The number of nitro groups is 1. The third kappa shape index (κ3) is 2.94. The van der Waals surface area contributed by atoms with Gasteiger partial charge in [0, 0.05) is 20.2 Å². The number of nitro benzene ring substituents is 1. The molecule has 0 saturated carbocycles. The second-order valence-corrected chi connectivity index (χ2v) is 3.33. The van der Waals surface area contributed by atoms with Gasteiger partial charge in [0.1, 0.15) is 6.61 Å². The molecule has 0 N–H and O–H groups in total. The second kappa shape index (κ2) is 5.11. The molecule has 1 aromatic carbocycles. The Morgan fingerprint density at radius 2 is 2.06 bits per heavy atom. The molecule has 0 saturated heterocycles. The van der Waals surface area contributed by atoms with E-state index in [1.165, 1.54) is 11.0 Å². The van der Waals surface area contributed by atoms with Crippen LogP contribution in [0.2, 0.25) is 0 Å². The first-order chi connectivity index (χ1) is 7.52. The maximum Gasteiger partial charge on any atom is 0.409 e. The van der Waals surface area contributed by atoms with Crippen molar-refractivity contribution < 1.29 is 14.5 Å². The summed E-state index contributed by atoms with van der Waals surface area (Å²) >= 11 is 0. The van der Waals surface area contributed by atoms with E-state index in [1.54, 1.807) is 32.3 Å². The highest BCUT2D eigenvalue weighted by atomic mass is 16.6. The summed E-state index contributed by atoms with van der Waals surface area (Å²) in [5.41, 5.74) is 0.330. The Morgan fingerprint density at radius 3 is 2.62 bits per heavy atom. The van der Waals surface area contributed by atoms with Gasteiger partial charge in [-0.25, -0.2) is 4.79 Å². The van der Waals surface area contributed by atoms with Crippen molar-refractivity contribution >= 4 is 11.8 Å². The van der Waals surface area contributed by atoms with Crippen molar-refractivity contribution in [3.8, 4) is 0 Å². The van der Waals surface area contributed by atoms with Gasteiger partial charge in [-0.2, -0.15) is 0 Å². The summed E-state index contributed by atoms with van der Waals surface area (Å²) < 4.78 is 4.86. The van der Waals surface area contributed by atoms with Crippen molar-refractivity contribution in [1.82, 2.24) is 4.90 Å². The van der Waals surface area contributed by atoms with Crippen molar-refractivity contribution in [2.45, 2.75) is 6.61 Å². The summed E-state index contributed by atoms with van der Waals surface area (Å²) in [6, 6.07) is 6.15. The van der Waals surface area contributed by atoms with E-state index in [0.717, 1.165) is 0 Å². The lowest BCUT2D eigenvalue weighted by molar-refractivity contribution is -0.385. The fraction of sp³-hybridized carbons (Fsp3) is 0.300. The molecule has 6 heteroatoms. The molecular weight excluding hydrogens is 212 g/mol. The van der Waals surface area contributed by atoms with Gasteiger partial charge in [-0.1, -0.05) is 12.1 Å². The van der Waals surface area contributed by atoms with Gasteiger partial charge in [-0.05, 0) is 6.07 Å². The molecule has 86 valence electrons. The highest BCUT2D eigenvalue weighted by molar-refractivity contribution is 5.66. The normalized spacial score (nSPS) is 9.62. The molecule has 0 fully saturated rings. The number of amides is 1. The van der Waals surface area contributed by atoms with Crippen LogP contribution in [-0.4, -0.2) is 30.0 Å². The Bertz CT molecular complexity index is 404. The van der Waals surface area contributed by atoms with E-state index < -0.39 is 11.0 Å². The van der Waals surface area contributed by atoms with Crippen LogP contribution < -0.4 is 0 Å². The minimum atomic E-state index is -0.529. The molecule has 0 unspecified atom stereocenters. The number of hydrogen-bond acceptors (Lipinski definition) is 4. The Morgan fingerprint density at radius 1 is 1.44 bits per heavy atom. The van der Waals surface area contributed by atoms with E-state index in [4.69, 9.17) is 4.74 Å². The molecule has 0 atom stereocenters. The molecule has 0 spiro atoms. The molecule has 1 aromatic rings. The zero-order valence-corrected chi connectivity index (χ0v) is 9.04. The number of ether oxygens (including phenoxy) is 1. The number of hydrogen-bond donors (Lipinski definition) is 0. The van der Waals surface area contributed by atoms with Gasteiger partial charge in [0.15, 0.2) is 0 Å². The Balaban J connectivity index is 2.74. The van der Waals surface area contributed by atoms with Crippen LogP contribution in [0.5, 0.6) is 0 Å². The first-order valence-corrected chi connectivity index (χ1v) is 4.58. The predicted octanol–water partition coefficient (Wildman–Crippen LogP) is 1.79. The number of para-hydroxylation sites is 1. The highest BCUT2D eigenvalue weighted by Crippen LogP contribution is 2.18. The van der Waals surface area contributed by atoms with Gasteiger partial charge in [0.25, 0.3) is 5.69 Å². The van der Waals surface area contributed by atoms with Crippen LogP contribution >= 0.6 is 0 Å². The summed E-state index contributed by atoms with van der Waals surface area (Å²) in [5, 5.41) is 10.7. The molecule has 0 heterocycles. The zero-order valence-electron chi connectivity index (χ0n) is 9.04. The fourth-order valence-electron chi connectivity index (χ4n) is 1.08. The molecule has 16 heavy (non-hydrogen) atoms. The van der Waals surface area contributed by atoms with Crippen molar-refractivity contribution in [1.29, 1.82) is 0 Å². The van der Waals surface area contributed by atoms with Gasteiger partial charge < -0.3 is 9.64 Å². The molecule has 0 aliphatic carbocycles. The standard InChI is InChI=1S/C10H12N2O4/c1-11(2)10(13)16-7-8-5-3-4-6-9(8)12(14)15/h3-6H,7H2,1-2H3. The van der Waals surface area contributed by atoms with Gasteiger partial charge in [-0.3, -0.25) is 10.1 Å². The summed E-state index contributed by atoms with van der Waals surface area (Å²) in [4.78, 5) is 22.5. The van der Waals surface area contributed by atoms with E-state index in [-0.39, 0.29) is 12.3 Å². The van der Waals surface area contributed by atoms with Gasteiger partial charge in [-0.15, -0.1) is 0 Å². The number of rotatable bonds is 3. The molecular formula is C10H12N2O4. The van der Waals surface area contributed by atoms with Gasteiger partial charge in [0.2, 0.25) is 0 Å². The molecule has 0 aliphatic rings. The Labute approximate surface area is 92.6 Å². The quantitative estimate of drug-likeness (QED) is 0.579. The molecule has 0 aliphatic heterocycles. The van der Waals surface area contributed by atoms with Crippen molar-refractivity contribution in [3.63, 3.8) is 0 Å². The summed E-state index contributed by atoms with van der Waals surface area (Å²) in [6.45, 7) is -0.103. The van der Waals surface area contributed by atoms with Gasteiger partial charge in [0.05, 0.1) is 10.5 Å². The van der Waals surface area contributed by atoms with Crippen molar-refractivity contribution in [3.05, 3.63) is 39.9 Å². The van der Waals surface area contributed by atoms with Crippen LogP contribution in [0.15, 0.2) is 24.3 Å². The monoisotopic (exact) mass is 224 g/mol. The SMILES string of the molecule is CN(C)C(=O)OCc1ccccc1[N+](=O)[O-]. The molecule has 1 amide bonds. The maximum absolute atomic E-state index is 11.1. The molecule has 0 aromatic heterocycles. The summed E-state index contributed by atoms with van der Waals surface area (Å²) in [7, 11) is 3.09. The van der Waals surface area contributed by atoms with Crippen LogP contribution in [0.4, 0.5) is 10.5 Å². The van der Waals surface area contributed by atoms with Crippen molar-refractivity contribution in [2.75, 3.05) is 14.1 Å². The highest BCUT2D eigenvalue weighted by Gasteiger charge is 2.14. The fourth-order valence-corrected chi connectivity index (χ4v) is 1.08. The van der Waals surface area contributed by atoms with Crippen LogP contribution in [0.3, 0.4) is 0 Å². The maximum atomic E-state index is 11.1. The minimum absolute atomic E-state index is 0.0472. The minimum Gasteiger partial charge on any atom is -0.444 e. The lowest BCUT2D eigenvalue weighted by atomic mass is 10.2. The molecule has 6 nitrogen and oxygen atoms in total. The summed E-state index contributed by atoms with van der Waals surface area (Å²) in [5.74, 6) is 0. The molecule has 0 bridgehead atoms. The first-order valence-electron chi connectivity index (χ1n) is 4.58. The van der Waals surface area contributed by atoms with E-state index in [1.807, 2.05) is 0 Å². The molecule has 0 radical (unpaired) electrons. The van der Waals surface area contributed by atoms with E-state index >= 15 is 0 Å². The van der Waals surface area contributed by atoms with Crippen LogP contribution in [0.25, 0.3) is 0 Å². The largest absolute Gasteiger partial charge is 0.444 e. The predicted molar refractivity (Wildman–Crippen MR) is 57.0 cm³/mol. The van der Waals surface area contributed by atoms with Crippen LogP contribution in [-0.2, 0) is 11.3 Å². The summed E-state index contributed by atoms with van der Waals surface area (Å²) in [6.07, 6.45) is -0.529. The third-order valence-electron chi connectivity index (χ3n) is 1.90. The van der Waals surface area contributed by atoms with E-state index in [0.29, 0.717) is 5.56 Å². The average Bonchev–Trinajstić information content (AvgIpc) is 2.25. The van der Waals surface area contributed by atoms with E-state index in [9.17, 15) is 14.9 Å². The number of carbonyl (C=O) groups is 1. The number of benzene rings is 1. The molecule has 1 rings (SSSR count). The van der Waals surface area contributed by atoms with Crippen molar-refractivity contribution in [2.24, 2.45) is 0 Å². The lowest BCUT2D eigenvalue weighted by Gasteiger charge is -2.10. The smallest absolute Gasteiger partial charge is 0.409 e. The van der Waals surface area contributed by atoms with E-state index in [2.05, 4.69) is 0 Å². The van der Waals surface area contributed by atoms with Gasteiger partial charge >= 0.3 is 6.09 Å². The number of nitrogens with zero attached hydrogens (tertiary/aromatic N) is 2. The first kappa shape index (κ1) is 12.0. The van der Waals surface area contributed by atoms with Crippen LogP contribution in [0.1, 0.15) is 5.56 Å². The second-order valence-electron chi connectivity index (χ2n) is 3.33. The van der Waals surface area contributed by atoms with Crippen LogP contribution in [0, 0.1) is 10.1 Å². The Hall–Kier alpha value is -2.11. The third-order valence-corrected chi connectivity index (χ3v) is 1.90. The zero-order chi connectivity index (χ0) is 12.1.